The molecule has 2 aliphatic rings. The lowest BCUT2D eigenvalue weighted by atomic mass is 9.82. The zero-order valence-corrected chi connectivity index (χ0v) is 14.9. The van der Waals surface area contributed by atoms with Gasteiger partial charge in [0.15, 0.2) is 5.96 Å². The monoisotopic (exact) mass is 333 g/mol. The van der Waals surface area contributed by atoms with Crippen molar-refractivity contribution in [2.75, 3.05) is 32.8 Å². The second kappa shape index (κ2) is 9.11. The van der Waals surface area contributed by atoms with Gasteiger partial charge in [-0.1, -0.05) is 12.8 Å². The van der Waals surface area contributed by atoms with Gasteiger partial charge < -0.3 is 19.4 Å². The number of nitrogens with zero attached hydrogens (tertiary/aromatic N) is 2. The van der Waals surface area contributed by atoms with Gasteiger partial charge in [-0.3, -0.25) is 4.99 Å². The maximum Gasteiger partial charge on any atom is 0.193 e. The highest BCUT2D eigenvalue weighted by atomic mass is 16.5. The molecule has 24 heavy (non-hydrogen) atoms. The minimum atomic E-state index is 0.548. The van der Waals surface area contributed by atoms with Gasteiger partial charge in [-0.2, -0.15) is 0 Å². The minimum absolute atomic E-state index is 0.548. The molecule has 0 aromatic carbocycles. The number of ether oxygens (including phenoxy) is 1. The zero-order valence-electron chi connectivity index (χ0n) is 14.9. The average Bonchev–Trinajstić information content (AvgIpc) is 3.25. The number of aliphatic imine (C=N–C) groups is 1. The molecule has 1 N–H and O–H groups in total. The Morgan fingerprint density at radius 1 is 1.33 bits per heavy atom. The van der Waals surface area contributed by atoms with Crippen molar-refractivity contribution in [3.8, 4) is 0 Å². The number of guanidine groups is 1. The van der Waals surface area contributed by atoms with Crippen molar-refractivity contribution < 1.29 is 9.15 Å². The van der Waals surface area contributed by atoms with E-state index in [0.717, 1.165) is 49.7 Å². The highest BCUT2D eigenvalue weighted by Crippen LogP contribution is 2.35. The lowest BCUT2D eigenvalue weighted by Crippen LogP contribution is -2.40. The van der Waals surface area contributed by atoms with Crippen LogP contribution in [0.15, 0.2) is 27.8 Å². The van der Waals surface area contributed by atoms with Crippen LogP contribution in [0.2, 0.25) is 0 Å². The van der Waals surface area contributed by atoms with Gasteiger partial charge in [0, 0.05) is 32.8 Å². The van der Waals surface area contributed by atoms with Gasteiger partial charge in [-0.25, -0.2) is 0 Å². The summed E-state index contributed by atoms with van der Waals surface area (Å²) in [6.07, 6.45) is 8.25. The van der Waals surface area contributed by atoms with Crippen LogP contribution < -0.4 is 5.32 Å². The molecule has 1 saturated heterocycles. The molecule has 1 aromatic heterocycles. The number of hydrogen-bond donors (Lipinski definition) is 1. The molecule has 2 unspecified atom stereocenters. The fraction of sp³-hybridized carbons (Fsp3) is 0.737. The molecule has 2 fully saturated rings. The number of rotatable bonds is 7. The third-order valence-electron chi connectivity index (χ3n) is 5.14. The second-order valence-electron chi connectivity index (χ2n) is 6.93. The first-order valence-corrected chi connectivity index (χ1v) is 9.50. The second-order valence-corrected chi connectivity index (χ2v) is 6.93. The Balaban J connectivity index is 1.40. The Morgan fingerprint density at radius 2 is 2.12 bits per heavy atom. The van der Waals surface area contributed by atoms with Crippen molar-refractivity contribution in [2.45, 2.75) is 45.6 Å². The Bertz CT molecular complexity index is 487. The summed E-state index contributed by atoms with van der Waals surface area (Å²) in [6, 6.07) is 3.83. The average molecular weight is 333 g/mol. The van der Waals surface area contributed by atoms with Gasteiger partial charge in [0.1, 0.15) is 12.4 Å². The normalized spacial score (nSPS) is 24.2. The number of hydrogen-bond acceptors (Lipinski definition) is 3. The van der Waals surface area contributed by atoms with E-state index in [1.165, 1.54) is 38.8 Å². The van der Waals surface area contributed by atoms with Gasteiger partial charge >= 0.3 is 0 Å². The predicted octanol–water partition coefficient (Wildman–Crippen LogP) is 3.27. The SMILES string of the molecule is CCNC(=NCCCOCc1ccco1)N1CC2CCCCC2C1. The van der Waals surface area contributed by atoms with Crippen LogP contribution in [0.4, 0.5) is 0 Å². The van der Waals surface area contributed by atoms with E-state index in [1.54, 1.807) is 6.26 Å². The third-order valence-corrected chi connectivity index (χ3v) is 5.14. The topological polar surface area (TPSA) is 50.0 Å². The number of nitrogens with one attached hydrogen (secondary N) is 1. The standard InChI is InChI=1S/C19H31N3O2/c1-2-20-19(22-13-16-7-3-4-8-17(16)14-22)21-10-6-11-23-15-18-9-5-12-24-18/h5,9,12,16-17H,2-4,6-8,10-11,13-15H2,1H3,(H,20,21). The van der Waals surface area contributed by atoms with Crippen LogP contribution in [0, 0.1) is 11.8 Å². The van der Waals surface area contributed by atoms with E-state index in [1.807, 2.05) is 12.1 Å². The van der Waals surface area contributed by atoms with E-state index in [4.69, 9.17) is 14.1 Å². The number of fused-ring (bicyclic) bond motifs is 1. The molecule has 134 valence electrons. The summed E-state index contributed by atoms with van der Waals surface area (Å²) in [5.74, 6) is 3.75. The first-order chi connectivity index (χ1) is 11.9. The number of furan rings is 1. The van der Waals surface area contributed by atoms with Gasteiger partial charge in [0.2, 0.25) is 0 Å². The van der Waals surface area contributed by atoms with Crippen molar-refractivity contribution in [1.29, 1.82) is 0 Å². The first kappa shape index (κ1) is 17.3. The third kappa shape index (κ3) is 4.76. The maximum absolute atomic E-state index is 5.63. The molecule has 0 spiro atoms. The van der Waals surface area contributed by atoms with E-state index >= 15 is 0 Å². The lowest BCUT2D eigenvalue weighted by molar-refractivity contribution is 0.105. The number of likely N-dealkylation sites (tertiary alicyclic amines) is 1. The molecule has 2 heterocycles. The highest BCUT2D eigenvalue weighted by molar-refractivity contribution is 5.80. The molecule has 5 nitrogen and oxygen atoms in total. The molecule has 0 bridgehead atoms. The largest absolute Gasteiger partial charge is 0.467 e. The Kier molecular flexibility index (Phi) is 6.58. The molecule has 1 saturated carbocycles. The molecular formula is C19H31N3O2. The summed E-state index contributed by atoms with van der Waals surface area (Å²) in [5, 5.41) is 3.47. The molecule has 1 aliphatic carbocycles. The molecular weight excluding hydrogens is 302 g/mol. The van der Waals surface area contributed by atoms with E-state index in [-0.39, 0.29) is 0 Å². The van der Waals surface area contributed by atoms with Crippen LogP contribution in [-0.2, 0) is 11.3 Å². The highest BCUT2D eigenvalue weighted by Gasteiger charge is 2.35. The summed E-state index contributed by atoms with van der Waals surface area (Å²) >= 11 is 0. The first-order valence-electron chi connectivity index (χ1n) is 9.50. The minimum Gasteiger partial charge on any atom is -0.467 e. The van der Waals surface area contributed by atoms with Crippen LogP contribution in [-0.4, -0.2) is 43.6 Å². The quantitative estimate of drug-likeness (QED) is 0.473. The van der Waals surface area contributed by atoms with Crippen LogP contribution in [0.25, 0.3) is 0 Å². The van der Waals surface area contributed by atoms with Gasteiger partial charge in [0.25, 0.3) is 0 Å². The Morgan fingerprint density at radius 3 is 2.79 bits per heavy atom. The van der Waals surface area contributed by atoms with Crippen molar-refractivity contribution in [3.05, 3.63) is 24.2 Å². The summed E-state index contributed by atoms with van der Waals surface area (Å²) in [4.78, 5) is 7.30. The van der Waals surface area contributed by atoms with Crippen LogP contribution in [0.1, 0.15) is 44.8 Å². The molecule has 1 aliphatic heterocycles. The molecule has 1 aromatic rings. The zero-order chi connectivity index (χ0) is 16.6. The summed E-state index contributed by atoms with van der Waals surface area (Å²) in [6.45, 7) is 7.52. The summed E-state index contributed by atoms with van der Waals surface area (Å²) in [5.41, 5.74) is 0. The van der Waals surface area contributed by atoms with E-state index in [2.05, 4.69) is 17.1 Å². The van der Waals surface area contributed by atoms with Crippen LogP contribution in [0.3, 0.4) is 0 Å². The Labute approximate surface area is 145 Å². The van der Waals surface area contributed by atoms with Crippen molar-refractivity contribution in [2.24, 2.45) is 16.8 Å². The fourth-order valence-electron chi connectivity index (χ4n) is 3.92. The van der Waals surface area contributed by atoms with Crippen molar-refractivity contribution >= 4 is 5.96 Å². The van der Waals surface area contributed by atoms with Crippen molar-refractivity contribution in [1.82, 2.24) is 10.2 Å². The van der Waals surface area contributed by atoms with E-state index in [0.29, 0.717) is 6.61 Å². The molecule has 3 rings (SSSR count). The molecule has 0 radical (unpaired) electrons. The van der Waals surface area contributed by atoms with Crippen LogP contribution in [0.5, 0.6) is 0 Å². The molecule has 2 atom stereocenters. The predicted molar refractivity (Wildman–Crippen MR) is 96.0 cm³/mol. The maximum atomic E-state index is 5.63. The van der Waals surface area contributed by atoms with E-state index in [9.17, 15) is 0 Å². The van der Waals surface area contributed by atoms with Gasteiger partial charge in [0.05, 0.1) is 6.26 Å². The fourth-order valence-corrected chi connectivity index (χ4v) is 3.92. The molecule has 5 heteroatoms. The summed E-state index contributed by atoms with van der Waals surface area (Å²) < 4.78 is 10.9. The van der Waals surface area contributed by atoms with Crippen molar-refractivity contribution in [3.63, 3.8) is 0 Å². The van der Waals surface area contributed by atoms with E-state index < -0.39 is 0 Å². The smallest absolute Gasteiger partial charge is 0.193 e. The molecule has 0 amide bonds. The van der Waals surface area contributed by atoms with Crippen LogP contribution >= 0.6 is 0 Å². The summed E-state index contributed by atoms with van der Waals surface area (Å²) in [7, 11) is 0. The Hall–Kier alpha value is -1.49. The lowest BCUT2D eigenvalue weighted by Gasteiger charge is -2.22. The van der Waals surface area contributed by atoms with Gasteiger partial charge in [-0.05, 0) is 50.2 Å². The van der Waals surface area contributed by atoms with Gasteiger partial charge in [-0.15, -0.1) is 0 Å².